The molecule has 0 aliphatic heterocycles. The molecule has 0 aliphatic carbocycles. The number of phenolic OH excluding ortho intramolecular Hbond substituents is 1. The number of nitrogens with two attached hydrogens (primary N) is 3. The highest BCUT2D eigenvalue weighted by molar-refractivity contribution is 5.93. The van der Waals surface area contributed by atoms with Crippen LogP contribution in [0.3, 0.4) is 0 Å². The van der Waals surface area contributed by atoms with Gasteiger partial charge in [0.05, 0.1) is 12.6 Å². The van der Waals surface area contributed by atoms with E-state index in [2.05, 4.69) is 20.9 Å². The van der Waals surface area contributed by atoms with Crippen LogP contribution in [0.25, 0.3) is 0 Å². The van der Waals surface area contributed by atoms with Crippen LogP contribution >= 0.6 is 0 Å². The molecule has 3 amide bonds. The standard InChI is InChI=1S/C21H33N7O7/c1-11(29)17(20(34)35)28-19(33)15(9-12-4-6-13(30)7-5-12)27-18(32)14(26-16(31)10-22)3-2-8-25-21(23)24/h4-7,11,14-15,17,29-30H,2-3,8-10,22H2,1H3,(H,26,31)(H,27,32)(H,28,33)(H,34,35)(H4,23,24,25). The first-order chi connectivity index (χ1) is 16.4. The van der Waals surface area contributed by atoms with E-state index < -0.39 is 47.9 Å². The molecule has 4 unspecified atom stereocenters. The number of hydrogen-bond acceptors (Lipinski definition) is 8. The number of amides is 3. The van der Waals surface area contributed by atoms with Crippen LogP contribution in [0.5, 0.6) is 5.75 Å². The van der Waals surface area contributed by atoms with Crippen molar-refractivity contribution < 1.29 is 34.5 Å². The number of carbonyl (C=O) groups is 4. The number of nitrogens with zero attached hydrogens (tertiary/aromatic N) is 1. The first kappa shape index (κ1) is 29.1. The number of carbonyl (C=O) groups excluding carboxylic acids is 3. The van der Waals surface area contributed by atoms with E-state index in [9.17, 15) is 34.5 Å². The van der Waals surface area contributed by atoms with E-state index >= 15 is 0 Å². The van der Waals surface area contributed by atoms with Crippen LogP contribution in [0.4, 0.5) is 0 Å². The Morgan fingerprint density at radius 1 is 1.00 bits per heavy atom. The third-order valence-corrected chi connectivity index (χ3v) is 4.84. The molecular formula is C21H33N7O7. The quantitative estimate of drug-likeness (QED) is 0.0712. The number of aromatic hydroxyl groups is 1. The second-order valence-corrected chi connectivity index (χ2v) is 7.77. The first-order valence-corrected chi connectivity index (χ1v) is 10.8. The molecule has 0 aliphatic rings. The zero-order chi connectivity index (χ0) is 26.5. The molecule has 1 aromatic rings. The van der Waals surface area contributed by atoms with Crippen LogP contribution in [0.2, 0.25) is 0 Å². The van der Waals surface area contributed by atoms with Crippen LogP contribution in [0, 0.1) is 0 Å². The number of guanidine groups is 1. The first-order valence-electron chi connectivity index (χ1n) is 10.8. The molecule has 194 valence electrons. The number of phenols is 1. The highest BCUT2D eigenvalue weighted by Gasteiger charge is 2.31. The van der Waals surface area contributed by atoms with Gasteiger partial charge in [-0.15, -0.1) is 0 Å². The molecule has 0 radical (unpaired) electrons. The van der Waals surface area contributed by atoms with Gasteiger partial charge in [-0.1, -0.05) is 12.1 Å². The molecule has 0 heterocycles. The summed E-state index contributed by atoms with van der Waals surface area (Å²) in [5.41, 5.74) is 16.4. The molecule has 0 saturated heterocycles. The normalized spacial score (nSPS) is 14.0. The lowest BCUT2D eigenvalue weighted by Crippen LogP contribution is -2.58. The van der Waals surface area contributed by atoms with Crippen LogP contribution < -0.4 is 33.2 Å². The van der Waals surface area contributed by atoms with Crippen molar-refractivity contribution in [2.24, 2.45) is 22.2 Å². The topological polar surface area (TPSA) is 255 Å². The average Bonchev–Trinajstić information content (AvgIpc) is 2.79. The number of aliphatic hydroxyl groups is 1. The maximum atomic E-state index is 13.0. The molecule has 14 heteroatoms. The second-order valence-electron chi connectivity index (χ2n) is 7.77. The van der Waals surface area contributed by atoms with E-state index in [1.54, 1.807) is 0 Å². The van der Waals surface area contributed by atoms with Gasteiger partial charge >= 0.3 is 5.97 Å². The number of aliphatic imine (C=N–C) groups is 1. The van der Waals surface area contributed by atoms with Gasteiger partial charge < -0.3 is 48.5 Å². The molecule has 4 atom stereocenters. The van der Waals surface area contributed by atoms with Gasteiger partial charge in [0.2, 0.25) is 17.7 Å². The van der Waals surface area contributed by atoms with E-state index in [4.69, 9.17) is 17.2 Å². The Morgan fingerprint density at radius 2 is 1.60 bits per heavy atom. The summed E-state index contributed by atoms with van der Waals surface area (Å²) in [5.74, 6) is -3.80. The highest BCUT2D eigenvalue weighted by atomic mass is 16.4. The lowest BCUT2D eigenvalue weighted by Gasteiger charge is -2.25. The fourth-order valence-electron chi connectivity index (χ4n) is 3.02. The summed E-state index contributed by atoms with van der Waals surface area (Å²) in [6.07, 6.45) is -1.05. The van der Waals surface area contributed by atoms with E-state index in [0.717, 1.165) is 0 Å². The number of hydrogen-bond donors (Lipinski definition) is 9. The minimum atomic E-state index is -1.62. The summed E-state index contributed by atoms with van der Waals surface area (Å²) >= 11 is 0. The van der Waals surface area contributed by atoms with Crippen LogP contribution in [-0.2, 0) is 25.6 Å². The van der Waals surface area contributed by atoms with Gasteiger partial charge in [-0.25, -0.2) is 4.79 Å². The number of aliphatic hydroxyl groups excluding tert-OH is 1. The predicted octanol–water partition coefficient (Wildman–Crippen LogP) is -3.13. The van der Waals surface area contributed by atoms with Crippen molar-refractivity contribution in [3.8, 4) is 5.75 Å². The fourth-order valence-corrected chi connectivity index (χ4v) is 3.02. The van der Waals surface area contributed by atoms with E-state index in [1.807, 2.05) is 0 Å². The molecule has 0 fully saturated rings. The predicted molar refractivity (Wildman–Crippen MR) is 126 cm³/mol. The molecule has 1 rings (SSSR count). The van der Waals surface area contributed by atoms with Gasteiger partial charge in [0.1, 0.15) is 17.8 Å². The molecule has 0 aromatic heterocycles. The van der Waals surface area contributed by atoms with Gasteiger partial charge in [0.15, 0.2) is 12.0 Å². The molecule has 0 spiro atoms. The Bertz CT molecular complexity index is 902. The Kier molecular flexibility index (Phi) is 12.0. The van der Waals surface area contributed by atoms with Crippen molar-refractivity contribution in [2.75, 3.05) is 13.1 Å². The SMILES string of the molecule is CC(O)C(NC(=O)C(Cc1ccc(O)cc1)NC(=O)C(CCCN=C(N)N)NC(=O)CN)C(=O)O. The van der Waals surface area contributed by atoms with E-state index in [-0.39, 0.29) is 37.6 Å². The Balaban J connectivity index is 3.10. The summed E-state index contributed by atoms with van der Waals surface area (Å²) in [6, 6.07) is 1.84. The van der Waals surface area contributed by atoms with Gasteiger partial charge in [-0.2, -0.15) is 0 Å². The maximum absolute atomic E-state index is 13.0. The summed E-state index contributed by atoms with van der Waals surface area (Å²) < 4.78 is 0. The zero-order valence-electron chi connectivity index (χ0n) is 19.3. The molecule has 35 heavy (non-hydrogen) atoms. The Hall–Kier alpha value is -3.91. The van der Waals surface area contributed by atoms with Gasteiger partial charge in [0, 0.05) is 13.0 Å². The van der Waals surface area contributed by atoms with Crippen LogP contribution in [-0.4, -0.2) is 82.3 Å². The zero-order valence-corrected chi connectivity index (χ0v) is 19.3. The van der Waals surface area contributed by atoms with Crippen LogP contribution in [0.1, 0.15) is 25.3 Å². The van der Waals surface area contributed by atoms with Gasteiger partial charge in [-0.3, -0.25) is 19.4 Å². The number of carboxylic acid groups (broad SMARTS) is 1. The molecule has 1 aromatic carbocycles. The molecule has 0 saturated carbocycles. The van der Waals surface area contributed by atoms with Crippen molar-refractivity contribution in [1.29, 1.82) is 0 Å². The Labute approximate surface area is 201 Å². The lowest BCUT2D eigenvalue weighted by atomic mass is 10.0. The minimum absolute atomic E-state index is 0.0100. The maximum Gasteiger partial charge on any atom is 0.328 e. The van der Waals surface area contributed by atoms with Crippen LogP contribution in [0.15, 0.2) is 29.3 Å². The fraction of sp³-hybridized carbons (Fsp3) is 0.476. The number of rotatable bonds is 14. The third kappa shape index (κ3) is 10.7. The molecular weight excluding hydrogens is 462 g/mol. The molecule has 12 N–H and O–H groups in total. The molecule has 0 bridgehead atoms. The van der Waals surface area contributed by atoms with Gasteiger partial charge in [-0.05, 0) is 37.5 Å². The number of carboxylic acids is 1. The average molecular weight is 496 g/mol. The largest absolute Gasteiger partial charge is 0.508 e. The van der Waals surface area contributed by atoms with Crippen molar-refractivity contribution in [3.05, 3.63) is 29.8 Å². The second kappa shape index (κ2) is 14.4. The third-order valence-electron chi connectivity index (χ3n) is 4.84. The summed E-state index contributed by atoms with van der Waals surface area (Å²) in [5, 5.41) is 35.6. The summed E-state index contributed by atoms with van der Waals surface area (Å²) in [4.78, 5) is 52.9. The minimum Gasteiger partial charge on any atom is -0.508 e. The summed E-state index contributed by atoms with van der Waals surface area (Å²) in [7, 11) is 0. The number of aliphatic carboxylic acids is 1. The molecule has 14 nitrogen and oxygen atoms in total. The number of benzene rings is 1. The number of nitrogens with one attached hydrogen (secondary N) is 3. The van der Waals surface area contributed by atoms with Crippen molar-refractivity contribution in [1.82, 2.24) is 16.0 Å². The smallest absolute Gasteiger partial charge is 0.328 e. The van der Waals surface area contributed by atoms with Crippen molar-refractivity contribution in [3.63, 3.8) is 0 Å². The highest BCUT2D eigenvalue weighted by Crippen LogP contribution is 2.12. The van der Waals surface area contributed by atoms with E-state index in [0.29, 0.717) is 12.0 Å². The summed E-state index contributed by atoms with van der Waals surface area (Å²) in [6.45, 7) is 1.02. The van der Waals surface area contributed by atoms with Crippen molar-refractivity contribution >= 4 is 29.7 Å². The van der Waals surface area contributed by atoms with Crippen molar-refractivity contribution in [2.45, 2.75) is 50.4 Å². The van der Waals surface area contributed by atoms with E-state index in [1.165, 1.54) is 31.2 Å². The Morgan fingerprint density at radius 3 is 2.11 bits per heavy atom. The monoisotopic (exact) mass is 495 g/mol. The van der Waals surface area contributed by atoms with Gasteiger partial charge in [0.25, 0.3) is 0 Å². The lowest BCUT2D eigenvalue weighted by molar-refractivity contribution is -0.145.